The molecule has 2 N–H and O–H groups in total. The Morgan fingerprint density at radius 2 is 2.62 bits per heavy atom. The summed E-state index contributed by atoms with van der Waals surface area (Å²) in [5.41, 5.74) is 0. The molecule has 2 rings (SSSR count). The zero-order valence-corrected chi connectivity index (χ0v) is 7.53. The molecular weight excluding hydrogens is 164 g/mol. The van der Waals surface area contributed by atoms with Crippen molar-refractivity contribution in [3.63, 3.8) is 0 Å². The average Bonchev–Trinajstić information content (AvgIpc) is 2.69. The van der Waals surface area contributed by atoms with E-state index in [-0.39, 0.29) is 0 Å². The maximum atomic E-state index is 3.96. The second kappa shape index (κ2) is 4.18. The number of anilines is 1. The third-order valence-corrected chi connectivity index (χ3v) is 2.31. The average molecular weight is 178 g/mol. The lowest BCUT2D eigenvalue weighted by Gasteiger charge is -2.09. The third kappa shape index (κ3) is 2.39. The third-order valence-electron chi connectivity index (χ3n) is 2.31. The van der Waals surface area contributed by atoms with Crippen LogP contribution in [0.2, 0.25) is 0 Å². The van der Waals surface area contributed by atoms with E-state index >= 15 is 0 Å². The fraction of sp³-hybridized carbons (Fsp3) is 0.556. The number of nitrogens with zero attached hydrogens (tertiary/aromatic N) is 2. The summed E-state index contributed by atoms with van der Waals surface area (Å²) in [6, 6.07) is 3.83. The van der Waals surface area contributed by atoms with Crippen molar-refractivity contribution in [2.75, 3.05) is 25.0 Å². The van der Waals surface area contributed by atoms with Gasteiger partial charge in [0.25, 0.3) is 0 Å². The Hall–Kier alpha value is -1.16. The van der Waals surface area contributed by atoms with Crippen LogP contribution in [0.1, 0.15) is 6.42 Å². The highest BCUT2D eigenvalue weighted by atomic mass is 15.2. The highest BCUT2D eigenvalue weighted by Gasteiger charge is 2.13. The van der Waals surface area contributed by atoms with Gasteiger partial charge in [-0.25, -0.2) is 0 Å². The van der Waals surface area contributed by atoms with Crippen molar-refractivity contribution in [2.45, 2.75) is 6.42 Å². The van der Waals surface area contributed by atoms with Crippen LogP contribution in [0.4, 0.5) is 5.82 Å². The molecule has 0 bridgehead atoms. The van der Waals surface area contributed by atoms with E-state index in [1.807, 2.05) is 12.1 Å². The van der Waals surface area contributed by atoms with Crippen LogP contribution in [0.15, 0.2) is 18.3 Å². The normalized spacial score (nSPS) is 21.7. The topological polar surface area (TPSA) is 49.8 Å². The van der Waals surface area contributed by atoms with E-state index in [0.717, 1.165) is 31.4 Å². The minimum Gasteiger partial charge on any atom is -0.368 e. The molecule has 1 aliphatic heterocycles. The van der Waals surface area contributed by atoms with Crippen LogP contribution < -0.4 is 10.6 Å². The van der Waals surface area contributed by atoms with E-state index in [1.165, 1.54) is 6.42 Å². The Bertz CT molecular complexity index is 243. The molecule has 1 aromatic heterocycles. The fourth-order valence-corrected chi connectivity index (χ4v) is 1.53. The Kier molecular flexibility index (Phi) is 2.72. The fourth-order valence-electron chi connectivity index (χ4n) is 1.53. The maximum Gasteiger partial charge on any atom is 0.148 e. The lowest BCUT2D eigenvalue weighted by atomic mass is 10.1. The lowest BCUT2D eigenvalue weighted by Crippen LogP contribution is -2.17. The molecule has 4 heteroatoms. The molecule has 1 aromatic rings. The molecule has 0 aromatic carbocycles. The first-order chi connectivity index (χ1) is 6.45. The molecule has 1 atom stereocenters. The molecule has 1 unspecified atom stereocenters. The van der Waals surface area contributed by atoms with Crippen molar-refractivity contribution in [2.24, 2.45) is 5.92 Å². The summed E-state index contributed by atoms with van der Waals surface area (Å²) in [6.07, 6.45) is 2.94. The van der Waals surface area contributed by atoms with Crippen LogP contribution in [0.3, 0.4) is 0 Å². The summed E-state index contributed by atoms with van der Waals surface area (Å²) >= 11 is 0. The molecule has 0 spiro atoms. The first kappa shape index (κ1) is 8.44. The molecule has 1 fully saturated rings. The van der Waals surface area contributed by atoms with Gasteiger partial charge in [-0.1, -0.05) is 0 Å². The van der Waals surface area contributed by atoms with Gasteiger partial charge in [0, 0.05) is 12.7 Å². The monoisotopic (exact) mass is 178 g/mol. The number of rotatable bonds is 3. The Labute approximate surface area is 77.8 Å². The summed E-state index contributed by atoms with van der Waals surface area (Å²) in [7, 11) is 0. The van der Waals surface area contributed by atoms with Crippen molar-refractivity contribution >= 4 is 5.82 Å². The smallest absolute Gasteiger partial charge is 0.148 e. The second-order valence-corrected chi connectivity index (χ2v) is 3.35. The molecule has 0 radical (unpaired) electrons. The van der Waals surface area contributed by atoms with Gasteiger partial charge < -0.3 is 10.6 Å². The summed E-state index contributed by atoms with van der Waals surface area (Å²) in [4.78, 5) is 0. The quantitative estimate of drug-likeness (QED) is 0.707. The molecule has 13 heavy (non-hydrogen) atoms. The molecule has 0 saturated carbocycles. The summed E-state index contributed by atoms with van der Waals surface area (Å²) in [5, 5.41) is 14.4. The first-order valence-corrected chi connectivity index (χ1v) is 4.67. The molecule has 1 aliphatic rings. The van der Waals surface area contributed by atoms with Crippen LogP contribution in [0, 0.1) is 5.92 Å². The largest absolute Gasteiger partial charge is 0.368 e. The predicted molar refractivity (Wildman–Crippen MR) is 51.5 cm³/mol. The van der Waals surface area contributed by atoms with Crippen molar-refractivity contribution in [1.82, 2.24) is 15.5 Å². The Morgan fingerprint density at radius 3 is 3.31 bits per heavy atom. The van der Waals surface area contributed by atoms with Gasteiger partial charge in [-0.15, -0.1) is 5.10 Å². The van der Waals surface area contributed by atoms with E-state index in [4.69, 9.17) is 0 Å². The summed E-state index contributed by atoms with van der Waals surface area (Å²) in [5.74, 6) is 1.61. The van der Waals surface area contributed by atoms with Crippen molar-refractivity contribution in [3.8, 4) is 0 Å². The van der Waals surface area contributed by atoms with Gasteiger partial charge in [-0.3, -0.25) is 0 Å². The maximum absolute atomic E-state index is 3.96. The number of hydrogen-bond donors (Lipinski definition) is 2. The van der Waals surface area contributed by atoms with E-state index < -0.39 is 0 Å². The molecular formula is C9H14N4. The van der Waals surface area contributed by atoms with Crippen LogP contribution >= 0.6 is 0 Å². The first-order valence-electron chi connectivity index (χ1n) is 4.67. The van der Waals surface area contributed by atoms with Gasteiger partial charge in [-0.2, -0.15) is 5.10 Å². The van der Waals surface area contributed by atoms with Crippen molar-refractivity contribution in [1.29, 1.82) is 0 Å². The second-order valence-electron chi connectivity index (χ2n) is 3.35. The summed E-state index contributed by atoms with van der Waals surface area (Å²) < 4.78 is 0. The van der Waals surface area contributed by atoms with E-state index in [2.05, 4.69) is 20.8 Å². The zero-order chi connectivity index (χ0) is 8.93. The molecule has 0 aliphatic carbocycles. The van der Waals surface area contributed by atoms with Crippen LogP contribution in [-0.4, -0.2) is 29.8 Å². The lowest BCUT2D eigenvalue weighted by molar-refractivity contribution is 0.613. The van der Waals surface area contributed by atoms with Crippen LogP contribution in [-0.2, 0) is 0 Å². The molecule has 4 nitrogen and oxygen atoms in total. The minimum absolute atomic E-state index is 0.738. The predicted octanol–water partition coefficient (Wildman–Crippen LogP) is 0.498. The van der Waals surface area contributed by atoms with E-state index in [1.54, 1.807) is 6.20 Å². The summed E-state index contributed by atoms with van der Waals surface area (Å²) in [6.45, 7) is 3.26. The Balaban J connectivity index is 1.79. The van der Waals surface area contributed by atoms with Crippen LogP contribution in [0.5, 0.6) is 0 Å². The molecule has 0 amide bonds. The molecule has 70 valence electrons. The van der Waals surface area contributed by atoms with Gasteiger partial charge in [0.2, 0.25) is 0 Å². The SMILES string of the molecule is c1cnnc(NCC2CCNC2)c1. The number of hydrogen-bond acceptors (Lipinski definition) is 4. The Morgan fingerprint density at radius 1 is 1.62 bits per heavy atom. The van der Waals surface area contributed by atoms with Gasteiger partial charge in [0.1, 0.15) is 5.82 Å². The van der Waals surface area contributed by atoms with E-state index in [9.17, 15) is 0 Å². The van der Waals surface area contributed by atoms with Gasteiger partial charge in [0.15, 0.2) is 0 Å². The minimum atomic E-state index is 0.738. The zero-order valence-electron chi connectivity index (χ0n) is 7.53. The van der Waals surface area contributed by atoms with Crippen molar-refractivity contribution in [3.05, 3.63) is 18.3 Å². The van der Waals surface area contributed by atoms with Crippen LogP contribution in [0.25, 0.3) is 0 Å². The highest BCUT2D eigenvalue weighted by Crippen LogP contribution is 2.08. The van der Waals surface area contributed by atoms with Gasteiger partial charge in [-0.05, 0) is 37.6 Å². The van der Waals surface area contributed by atoms with E-state index in [0.29, 0.717) is 0 Å². The molecule has 2 heterocycles. The standard InChI is InChI=1S/C9H14N4/c1-2-9(13-12-4-1)11-7-8-3-5-10-6-8/h1-2,4,8,10H,3,5-7H2,(H,11,13). The van der Waals surface area contributed by atoms with Crippen molar-refractivity contribution < 1.29 is 0 Å². The van der Waals surface area contributed by atoms with Gasteiger partial charge >= 0.3 is 0 Å². The number of nitrogens with one attached hydrogen (secondary N) is 2. The molecule has 1 saturated heterocycles. The highest BCUT2D eigenvalue weighted by molar-refractivity contribution is 5.31. The number of aromatic nitrogens is 2. The van der Waals surface area contributed by atoms with Gasteiger partial charge in [0.05, 0.1) is 0 Å².